The van der Waals surface area contributed by atoms with E-state index in [1.54, 1.807) is 20.9 Å². The molecule has 1 fully saturated rings. The van der Waals surface area contributed by atoms with Crippen LogP contribution in [-0.2, 0) is 16.6 Å². The van der Waals surface area contributed by atoms with Gasteiger partial charge in [0, 0.05) is 17.6 Å². The predicted molar refractivity (Wildman–Crippen MR) is 78.1 cm³/mol. The summed E-state index contributed by atoms with van der Waals surface area (Å²) in [5, 5.41) is 3.00. The van der Waals surface area contributed by atoms with E-state index < -0.39 is 10.0 Å². The Kier molecular flexibility index (Phi) is 4.27. The fraction of sp³-hybridized carbons (Fsp3) is 0.714. The molecule has 0 amide bonds. The van der Waals surface area contributed by atoms with Gasteiger partial charge in [0.05, 0.1) is 0 Å². The Morgan fingerprint density at radius 3 is 2.35 bits per heavy atom. The third-order valence-corrected chi connectivity index (χ3v) is 5.87. The molecule has 0 aromatic carbocycles. The first kappa shape index (κ1) is 15.5. The standard InChI is InChI=1S/C14H24N2O3S/c1-10-12(9-15-4)13(11(2)19-10)20(17,18)16-14(3)7-5-6-8-14/h15-16H,5-9H2,1-4H3. The Balaban J connectivity index is 2.38. The van der Waals surface area contributed by atoms with Gasteiger partial charge < -0.3 is 9.73 Å². The molecule has 2 rings (SSSR count). The molecule has 1 aliphatic rings. The van der Waals surface area contributed by atoms with Crippen molar-refractivity contribution in [3.05, 3.63) is 17.1 Å². The van der Waals surface area contributed by atoms with Gasteiger partial charge in [0.25, 0.3) is 0 Å². The largest absolute Gasteiger partial charge is 0.465 e. The van der Waals surface area contributed by atoms with Gasteiger partial charge in [0.15, 0.2) is 0 Å². The van der Waals surface area contributed by atoms with Crippen LogP contribution in [0.25, 0.3) is 0 Å². The highest BCUT2D eigenvalue weighted by atomic mass is 32.2. The van der Waals surface area contributed by atoms with Gasteiger partial charge in [-0.3, -0.25) is 0 Å². The van der Waals surface area contributed by atoms with Crippen LogP contribution in [0.2, 0.25) is 0 Å². The highest BCUT2D eigenvalue weighted by molar-refractivity contribution is 7.89. The molecule has 20 heavy (non-hydrogen) atoms. The van der Waals surface area contributed by atoms with Crippen molar-refractivity contribution in [2.45, 2.75) is 63.4 Å². The van der Waals surface area contributed by atoms with E-state index >= 15 is 0 Å². The molecule has 0 spiro atoms. The number of sulfonamides is 1. The highest BCUT2D eigenvalue weighted by Crippen LogP contribution is 2.33. The average molecular weight is 300 g/mol. The third-order valence-electron chi connectivity index (χ3n) is 4.04. The van der Waals surface area contributed by atoms with Crippen LogP contribution in [0.15, 0.2) is 9.31 Å². The smallest absolute Gasteiger partial charge is 0.244 e. The monoisotopic (exact) mass is 300 g/mol. The fourth-order valence-electron chi connectivity index (χ4n) is 3.08. The molecule has 0 radical (unpaired) electrons. The second kappa shape index (κ2) is 5.50. The minimum Gasteiger partial charge on any atom is -0.465 e. The van der Waals surface area contributed by atoms with Crippen LogP contribution in [-0.4, -0.2) is 21.0 Å². The number of nitrogens with one attached hydrogen (secondary N) is 2. The second-order valence-corrected chi connectivity index (χ2v) is 7.54. The number of furan rings is 1. The minimum atomic E-state index is -3.55. The Morgan fingerprint density at radius 1 is 1.20 bits per heavy atom. The van der Waals surface area contributed by atoms with Crippen molar-refractivity contribution in [3.63, 3.8) is 0 Å². The molecule has 114 valence electrons. The van der Waals surface area contributed by atoms with Crippen molar-refractivity contribution < 1.29 is 12.8 Å². The van der Waals surface area contributed by atoms with Crippen LogP contribution in [0.1, 0.15) is 49.7 Å². The third kappa shape index (κ3) is 2.92. The van der Waals surface area contributed by atoms with Gasteiger partial charge in [-0.15, -0.1) is 0 Å². The lowest BCUT2D eigenvalue weighted by atomic mass is 10.0. The van der Waals surface area contributed by atoms with Gasteiger partial charge in [0.2, 0.25) is 10.0 Å². The summed E-state index contributed by atoms with van der Waals surface area (Å²) in [5.74, 6) is 1.12. The quantitative estimate of drug-likeness (QED) is 0.874. The summed E-state index contributed by atoms with van der Waals surface area (Å²) in [6.07, 6.45) is 3.94. The Labute approximate surface area is 121 Å². The first-order chi connectivity index (χ1) is 9.29. The summed E-state index contributed by atoms with van der Waals surface area (Å²) < 4.78 is 33.9. The van der Waals surface area contributed by atoms with Gasteiger partial charge >= 0.3 is 0 Å². The molecular formula is C14H24N2O3S. The molecule has 0 bridgehead atoms. The molecule has 1 aliphatic carbocycles. The zero-order chi connectivity index (χ0) is 15.0. The molecule has 0 unspecified atom stereocenters. The summed E-state index contributed by atoms with van der Waals surface area (Å²) in [4.78, 5) is 0.303. The van der Waals surface area contributed by atoms with E-state index in [1.807, 2.05) is 6.92 Å². The van der Waals surface area contributed by atoms with E-state index in [9.17, 15) is 8.42 Å². The summed E-state index contributed by atoms with van der Waals surface area (Å²) in [5.41, 5.74) is 0.395. The topological polar surface area (TPSA) is 71.3 Å². The number of aryl methyl sites for hydroxylation is 2. The lowest BCUT2D eigenvalue weighted by Crippen LogP contribution is -2.43. The van der Waals surface area contributed by atoms with E-state index in [1.165, 1.54) is 0 Å². The van der Waals surface area contributed by atoms with Crippen molar-refractivity contribution in [3.8, 4) is 0 Å². The van der Waals surface area contributed by atoms with Gasteiger partial charge in [0.1, 0.15) is 16.4 Å². The molecule has 0 atom stereocenters. The van der Waals surface area contributed by atoms with E-state index in [-0.39, 0.29) is 5.54 Å². The van der Waals surface area contributed by atoms with Crippen LogP contribution >= 0.6 is 0 Å². The van der Waals surface area contributed by atoms with Gasteiger partial charge in [-0.2, -0.15) is 0 Å². The van der Waals surface area contributed by atoms with Gasteiger partial charge in [-0.25, -0.2) is 13.1 Å². The SMILES string of the molecule is CNCc1c(C)oc(C)c1S(=O)(=O)NC1(C)CCCC1. The fourth-order valence-corrected chi connectivity index (χ4v) is 4.99. The van der Waals surface area contributed by atoms with E-state index in [0.717, 1.165) is 31.2 Å². The first-order valence-electron chi connectivity index (χ1n) is 7.06. The molecule has 0 aliphatic heterocycles. The van der Waals surface area contributed by atoms with Crippen LogP contribution in [0.4, 0.5) is 0 Å². The van der Waals surface area contributed by atoms with Crippen molar-refractivity contribution in [2.24, 2.45) is 0 Å². The van der Waals surface area contributed by atoms with Crippen molar-refractivity contribution in [2.75, 3.05) is 7.05 Å². The van der Waals surface area contributed by atoms with Crippen molar-refractivity contribution in [1.82, 2.24) is 10.0 Å². The maximum atomic E-state index is 12.7. The lowest BCUT2D eigenvalue weighted by Gasteiger charge is -2.25. The molecule has 6 heteroatoms. The van der Waals surface area contributed by atoms with Crippen molar-refractivity contribution >= 4 is 10.0 Å². The molecule has 1 heterocycles. The summed E-state index contributed by atoms with van der Waals surface area (Å²) in [6.45, 7) is 5.97. The normalized spacial score (nSPS) is 18.6. The molecule has 1 saturated carbocycles. The summed E-state index contributed by atoms with van der Waals surface area (Å²) in [6, 6.07) is 0. The van der Waals surface area contributed by atoms with Crippen LogP contribution in [0, 0.1) is 13.8 Å². The number of rotatable bonds is 5. The second-order valence-electron chi connectivity index (χ2n) is 5.93. The molecule has 1 aromatic rings. The molecule has 2 N–H and O–H groups in total. The van der Waals surface area contributed by atoms with Gasteiger partial charge in [-0.1, -0.05) is 12.8 Å². The predicted octanol–water partition coefficient (Wildman–Crippen LogP) is 2.23. The highest BCUT2D eigenvalue weighted by Gasteiger charge is 2.36. The van der Waals surface area contributed by atoms with Gasteiger partial charge in [-0.05, 0) is 40.7 Å². The lowest BCUT2D eigenvalue weighted by molar-refractivity contribution is 0.426. The Bertz CT molecular complexity index is 584. The first-order valence-corrected chi connectivity index (χ1v) is 8.55. The van der Waals surface area contributed by atoms with E-state index in [0.29, 0.717) is 23.0 Å². The molecule has 1 aromatic heterocycles. The van der Waals surface area contributed by atoms with E-state index in [2.05, 4.69) is 10.0 Å². The maximum Gasteiger partial charge on any atom is 0.244 e. The van der Waals surface area contributed by atoms with Crippen LogP contribution in [0.5, 0.6) is 0 Å². The maximum absolute atomic E-state index is 12.7. The molecule has 0 saturated heterocycles. The van der Waals surface area contributed by atoms with Crippen LogP contribution < -0.4 is 10.0 Å². The Hall–Kier alpha value is -0.850. The molecular weight excluding hydrogens is 276 g/mol. The van der Waals surface area contributed by atoms with E-state index in [4.69, 9.17) is 4.42 Å². The van der Waals surface area contributed by atoms with Crippen LogP contribution in [0.3, 0.4) is 0 Å². The Morgan fingerprint density at radius 2 is 1.80 bits per heavy atom. The summed E-state index contributed by atoms with van der Waals surface area (Å²) in [7, 11) is -1.75. The number of hydrogen-bond acceptors (Lipinski definition) is 4. The minimum absolute atomic E-state index is 0.303. The zero-order valence-corrected chi connectivity index (χ0v) is 13.5. The van der Waals surface area contributed by atoms with Crippen molar-refractivity contribution in [1.29, 1.82) is 0 Å². The number of hydrogen-bond donors (Lipinski definition) is 2. The molecule has 5 nitrogen and oxygen atoms in total. The average Bonchev–Trinajstić information content (AvgIpc) is 2.84. The summed E-state index contributed by atoms with van der Waals surface area (Å²) >= 11 is 0. The zero-order valence-electron chi connectivity index (χ0n) is 12.7.